The van der Waals surface area contributed by atoms with Crippen LogP contribution in [0.3, 0.4) is 0 Å². The second kappa shape index (κ2) is 14.2. The van der Waals surface area contributed by atoms with Gasteiger partial charge in [-0.1, -0.05) is 158 Å². The van der Waals surface area contributed by atoms with Crippen molar-refractivity contribution in [3.8, 4) is 33.8 Å². The first-order valence-corrected chi connectivity index (χ1v) is 17.4. The molecule has 0 aliphatic carbocycles. The molecule has 0 spiro atoms. The standard InChI is InChI=1S/C48H37N3/c1-3-34(18-17-33(2)41-28-21-35-10-4-5-12-42(35)30-41)46-31-47(39-24-19-36(20-25-39)43-14-9-29-49-32-43)51-48(50-46)40-26-22-38(23-27-40)45-16-8-13-37-11-6-7-15-44(37)45/h3-8,10-28,30-32H,2,9,29H2,1H3/b18-17-,34-3+. The van der Waals surface area contributed by atoms with Crippen LogP contribution in [0.5, 0.6) is 0 Å². The van der Waals surface area contributed by atoms with E-state index in [1.54, 1.807) is 0 Å². The van der Waals surface area contributed by atoms with Crippen molar-refractivity contribution < 1.29 is 0 Å². The summed E-state index contributed by atoms with van der Waals surface area (Å²) in [6.45, 7) is 7.30. The zero-order valence-corrected chi connectivity index (χ0v) is 28.6. The number of aliphatic imine (C=N–C) groups is 1. The van der Waals surface area contributed by atoms with E-state index in [-0.39, 0.29) is 0 Å². The van der Waals surface area contributed by atoms with Crippen LogP contribution in [0.4, 0.5) is 0 Å². The van der Waals surface area contributed by atoms with E-state index in [9.17, 15) is 0 Å². The Morgan fingerprint density at radius 1 is 0.627 bits per heavy atom. The van der Waals surface area contributed by atoms with Crippen LogP contribution in [0.2, 0.25) is 0 Å². The number of aromatic nitrogens is 2. The molecule has 6 aromatic carbocycles. The van der Waals surface area contributed by atoms with Crippen LogP contribution in [-0.2, 0) is 0 Å². The molecule has 244 valence electrons. The van der Waals surface area contributed by atoms with E-state index in [1.165, 1.54) is 27.1 Å². The smallest absolute Gasteiger partial charge is 0.160 e. The lowest BCUT2D eigenvalue weighted by Crippen LogP contribution is -1.98. The van der Waals surface area contributed by atoms with Gasteiger partial charge in [-0.05, 0) is 86.0 Å². The third-order valence-electron chi connectivity index (χ3n) is 9.53. The molecule has 0 saturated heterocycles. The zero-order valence-electron chi connectivity index (χ0n) is 28.6. The Kier molecular flexibility index (Phi) is 8.84. The summed E-state index contributed by atoms with van der Waals surface area (Å²) in [5, 5.41) is 4.88. The molecule has 0 saturated carbocycles. The minimum Gasteiger partial charge on any atom is -0.292 e. The van der Waals surface area contributed by atoms with Gasteiger partial charge >= 0.3 is 0 Å². The van der Waals surface area contributed by atoms with Gasteiger partial charge in [-0.25, -0.2) is 9.97 Å². The number of fused-ring (bicyclic) bond motifs is 2. The van der Waals surface area contributed by atoms with Crippen LogP contribution < -0.4 is 0 Å². The number of benzene rings is 6. The first kappa shape index (κ1) is 31.8. The van der Waals surface area contributed by atoms with E-state index in [4.69, 9.17) is 9.97 Å². The largest absolute Gasteiger partial charge is 0.292 e. The molecule has 0 atom stereocenters. The summed E-state index contributed by atoms with van der Waals surface area (Å²) in [6.07, 6.45) is 11.5. The molecule has 51 heavy (non-hydrogen) atoms. The van der Waals surface area contributed by atoms with Gasteiger partial charge in [0.25, 0.3) is 0 Å². The second-order valence-electron chi connectivity index (χ2n) is 12.8. The van der Waals surface area contributed by atoms with Crippen molar-refractivity contribution in [1.29, 1.82) is 0 Å². The van der Waals surface area contributed by atoms with Gasteiger partial charge in [0, 0.05) is 23.9 Å². The number of hydrogen-bond acceptors (Lipinski definition) is 3. The Bertz CT molecular complexity index is 2530. The van der Waals surface area contributed by atoms with Crippen molar-refractivity contribution >= 4 is 44.5 Å². The second-order valence-corrected chi connectivity index (χ2v) is 12.8. The van der Waals surface area contributed by atoms with Gasteiger partial charge in [-0.2, -0.15) is 0 Å². The van der Waals surface area contributed by atoms with Gasteiger partial charge in [0.2, 0.25) is 0 Å². The van der Waals surface area contributed by atoms with Crippen molar-refractivity contribution in [1.82, 2.24) is 9.97 Å². The monoisotopic (exact) mass is 655 g/mol. The molecule has 0 radical (unpaired) electrons. The molecule has 8 rings (SSSR count). The molecule has 0 unspecified atom stereocenters. The van der Waals surface area contributed by atoms with Gasteiger partial charge in [0.15, 0.2) is 5.82 Å². The molecule has 0 fully saturated rings. The molecule has 2 heterocycles. The molecular formula is C48H37N3. The summed E-state index contributed by atoms with van der Waals surface area (Å²) in [4.78, 5) is 14.8. The predicted molar refractivity (Wildman–Crippen MR) is 218 cm³/mol. The number of dihydropyridines is 1. The summed E-state index contributed by atoms with van der Waals surface area (Å²) >= 11 is 0. The Morgan fingerprint density at radius 3 is 2.12 bits per heavy atom. The zero-order chi connectivity index (χ0) is 34.6. The van der Waals surface area contributed by atoms with Gasteiger partial charge in [0.1, 0.15) is 0 Å². The third-order valence-corrected chi connectivity index (χ3v) is 9.53. The van der Waals surface area contributed by atoms with Crippen LogP contribution in [0.1, 0.15) is 30.2 Å². The van der Waals surface area contributed by atoms with Crippen LogP contribution in [0.25, 0.3) is 72.0 Å². The lowest BCUT2D eigenvalue weighted by atomic mass is 9.97. The van der Waals surface area contributed by atoms with Crippen LogP contribution in [0, 0.1) is 0 Å². The lowest BCUT2D eigenvalue weighted by Gasteiger charge is -2.12. The van der Waals surface area contributed by atoms with Crippen LogP contribution >= 0.6 is 0 Å². The van der Waals surface area contributed by atoms with Crippen molar-refractivity contribution in [3.63, 3.8) is 0 Å². The van der Waals surface area contributed by atoms with E-state index in [1.807, 2.05) is 13.1 Å². The fourth-order valence-corrected chi connectivity index (χ4v) is 6.69. The van der Waals surface area contributed by atoms with E-state index in [2.05, 4.69) is 175 Å². The van der Waals surface area contributed by atoms with Crippen LogP contribution in [-0.4, -0.2) is 22.7 Å². The fourth-order valence-electron chi connectivity index (χ4n) is 6.69. The molecule has 1 aliphatic heterocycles. The molecular weight excluding hydrogens is 619 g/mol. The Hall–Kier alpha value is -6.45. The van der Waals surface area contributed by atoms with Crippen molar-refractivity contribution in [2.45, 2.75) is 13.3 Å². The first-order valence-electron chi connectivity index (χ1n) is 17.4. The van der Waals surface area contributed by atoms with E-state index >= 15 is 0 Å². The summed E-state index contributed by atoms with van der Waals surface area (Å²) in [7, 11) is 0. The summed E-state index contributed by atoms with van der Waals surface area (Å²) < 4.78 is 0. The van der Waals surface area contributed by atoms with Crippen molar-refractivity contribution in [2.75, 3.05) is 6.54 Å². The van der Waals surface area contributed by atoms with Gasteiger partial charge in [-0.3, -0.25) is 4.99 Å². The molecule has 0 N–H and O–H groups in total. The number of rotatable bonds is 8. The van der Waals surface area contributed by atoms with Gasteiger partial charge < -0.3 is 0 Å². The predicted octanol–water partition coefficient (Wildman–Crippen LogP) is 12.3. The van der Waals surface area contributed by atoms with E-state index in [0.29, 0.717) is 5.82 Å². The summed E-state index contributed by atoms with van der Waals surface area (Å²) in [5.41, 5.74) is 11.4. The first-order chi connectivity index (χ1) is 25.1. The molecule has 0 amide bonds. The molecule has 3 nitrogen and oxygen atoms in total. The maximum Gasteiger partial charge on any atom is 0.160 e. The summed E-state index contributed by atoms with van der Waals surface area (Å²) in [5.74, 6) is 0.680. The third kappa shape index (κ3) is 6.75. The van der Waals surface area contributed by atoms with E-state index in [0.717, 1.165) is 68.9 Å². The normalized spacial score (nSPS) is 13.2. The van der Waals surface area contributed by atoms with E-state index < -0.39 is 0 Å². The Labute approximate surface area is 299 Å². The number of hydrogen-bond donors (Lipinski definition) is 0. The highest BCUT2D eigenvalue weighted by atomic mass is 14.9. The SMILES string of the molecule is C=C(/C=C\C(=C/C)c1cc(-c2ccc(C3=CCCN=C3)cc2)nc(-c2ccc(-c3cccc4ccccc34)cc2)n1)c1ccc2ccccc2c1. The molecule has 1 aromatic heterocycles. The Balaban J connectivity index is 1.16. The maximum atomic E-state index is 5.15. The molecule has 0 bridgehead atoms. The average Bonchev–Trinajstić information content (AvgIpc) is 3.21. The van der Waals surface area contributed by atoms with Crippen LogP contribution in [0.15, 0.2) is 175 Å². The van der Waals surface area contributed by atoms with Gasteiger partial charge in [0.05, 0.1) is 11.4 Å². The quantitative estimate of drug-likeness (QED) is 0.153. The maximum absolute atomic E-state index is 5.15. The Morgan fingerprint density at radius 2 is 1.33 bits per heavy atom. The number of allylic oxidation sites excluding steroid dienone is 6. The highest BCUT2D eigenvalue weighted by molar-refractivity contribution is 6.10. The highest BCUT2D eigenvalue weighted by Crippen LogP contribution is 2.32. The highest BCUT2D eigenvalue weighted by Gasteiger charge is 2.13. The minimum absolute atomic E-state index is 0.680. The summed E-state index contributed by atoms with van der Waals surface area (Å²) in [6, 6.07) is 49.1. The van der Waals surface area contributed by atoms with Crippen molar-refractivity contribution in [2.24, 2.45) is 4.99 Å². The number of nitrogens with zero attached hydrogens (tertiary/aromatic N) is 3. The molecule has 1 aliphatic rings. The topological polar surface area (TPSA) is 38.1 Å². The fraction of sp³-hybridized carbons (Fsp3) is 0.0625. The van der Waals surface area contributed by atoms with Crippen molar-refractivity contribution in [3.05, 3.63) is 187 Å². The van der Waals surface area contributed by atoms with Gasteiger partial charge in [-0.15, -0.1) is 0 Å². The molecule has 7 aromatic rings. The minimum atomic E-state index is 0.680. The molecule has 3 heteroatoms. The average molecular weight is 656 g/mol. The lowest BCUT2D eigenvalue weighted by molar-refractivity contribution is 1.01.